The number of phenolic OH excluding ortho intramolecular Hbond substituents is 1. The zero-order valence-electron chi connectivity index (χ0n) is 25.0. The number of nitrogens with two attached hydrogens (primary N) is 1. The molecule has 0 spiro atoms. The summed E-state index contributed by atoms with van der Waals surface area (Å²) in [7, 11) is 3.33. The minimum Gasteiger partial charge on any atom is -0.505 e. The van der Waals surface area contributed by atoms with E-state index in [-0.39, 0.29) is 53.7 Å². The number of carbonyl (C=O) groups is 4. The lowest BCUT2D eigenvalue weighted by molar-refractivity contribution is -0.140. The number of hydrogen-bond donors (Lipinski definition) is 4. The largest absolute Gasteiger partial charge is 0.505 e. The summed E-state index contributed by atoms with van der Waals surface area (Å²) in [6, 6.07) is -0.737. The molecule has 2 fully saturated rings. The number of carbonyl (C=O) groups excluding carboxylic acids is 4. The van der Waals surface area contributed by atoms with E-state index in [1.807, 2.05) is 0 Å². The van der Waals surface area contributed by atoms with E-state index < -0.39 is 64.7 Å². The molecule has 0 radical (unpaired) electrons. The SMILES string of the molecule is CCCN1Cc2c(F)c3c(c(O)c2NCC1CC(C)C)C(=O)C1C(=O)C2C(=N)C(C(N)=O)C(=O)C(N(C)C)C2CC1C3. The number of nitrogens with one attached hydrogen (secondary N) is 2. The van der Waals surface area contributed by atoms with Crippen LogP contribution in [0.3, 0.4) is 0 Å². The monoisotopic (exact) mass is 583 g/mol. The van der Waals surface area contributed by atoms with Gasteiger partial charge in [-0.3, -0.25) is 29.0 Å². The quantitative estimate of drug-likeness (QED) is 0.294. The number of rotatable bonds is 6. The van der Waals surface area contributed by atoms with Gasteiger partial charge in [0, 0.05) is 36.0 Å². The molecular weight excluding hydrogens is 541 g/mol. The van der Waals surface area contributed by atoms with Crippen molar-refractivity contribution in [3.8, 4) is 5.75 Å². The zero-order valence-corrected chi connectivity index (χ0v) is 25.0. The van der Waals surface area contributed by atoms with Gasteiger partial charge in [0.2, 0.25) is 5.91 Å². The van der Waals surface area contributed by atoms with Gasteiger partial charge in [-0.15, -0.1) is 0 Å². The zero-order chi connectivity index (χ0) is 30.8. The lowest BCUT2D eigenvalue weighted by Crippen LogP contribution is -2.64. The fraction of sp³-hybridized carbons (Fsp3) is 0.645. The first-order chi connectivity index (χ1) is 19.8. The Labute approximate surface area is 245 Å². The molecule has 7 atom stereocenters. The molecule has 11 heteroatoms. The number of Topliss-reactive ketones (excluding diaryl/α,β-unsaturated/α-hetero) is 3. The Morgan fingerprint density at radius 2 is 1.88 bits per heavy atom. The smallest absolute Gasteiger partial charge is 0.233 e. The van der Waals surface area contributed by atoms with Gasteiger partial charge in [-0.1, -0.05) is 20.8 Å². The van der Waals surface area contributed by atoms with Crippen LogP contribution in [0.1, 0.15) is 61.5 Å². The Bertz CT molecular complexity index is 1360. The van der Waals surface area contributed by atoms with Gasteiger partial charge in [0.05, 0.1) is 29.1 Å². The van der Waals surface area contributed by atoms with Crippen LogP contribution in [0.2, 0.25) is 0 Å². The molecule has 3 aliphatic carbocycles. The highest BCUT2D eigenvalue weighted by Gasteiger charge is 2.60. The molecule has 1 amide bonds. The van der Waals surface area contributed by atoms with Gasteiger partial charge in [-0.25, -0.2) is 4.39 Å². The van der Waals surface area contributed by atoms with Crippen molar-refractivity contribution in [1.29, 1.82) is 5.41 Å². The van der Waals surface area contributed by atoms with Crippen LogP contribution >= 0.6 is 0 Å². The number of halogens is 1. The molecule has 2 saturated carbocycles. The number of phenols is 1. The molecule has 228 valence electrons. The highest BCUT2D eigenvalue weighted by molar-refractivity contribution is 6.29. The van der Waals surface area contributed by atoms with Crippen molar-refractivity contribution in [3.63, 3.8) is 0 Å². The Hall–Kier alpha value is -3.18. The highest BCUT2D eigenvalue weighted by atomic mass is 19.1. The molecule has 0 bridgehead atoms. The molecule has 1 aromatic rings. The van der Waals surface area contributed by atoms with E-state index in [1.165, 1.54) is 0 Å². The predicted molar refractivity (Wildman–Crippen MR) is 155 cm³/mol. The maximum atomic E-state index is 16.5. The van der Waals surface area contributed by atoms with Gasteiger partial charge < -0.3 is 21.6 Å². The summed E-state index contributed by atoms with van der Waals surface area (Å²) in [5, 5.41) is 23.4. The number of fused-ring (bicyclic) bond motifs is 4. The van der Waals surface area contributed by atoms with E-state index in [2.05, 4.69) is 31.0 Å². The molecular formula is C31H42FN5O5. The van der Waals surface area contributed by atoms with Crippen molar-refractivity contribution >= 4 is 34.7 Å². The van der Waals surface area contributed by atoms with Gasteiger partial charge in [-0.05, 0) is 64.1 Å². The summed E-state index contributed by atoms with van der Waals surface area (Å²) in [5.41, 5.74) is 5.58. The number of benzene rings is 1. The number of ketones is 3. The summed E-state index contributed by atoms with van der Waals surface area (Å²) in [4.78, 5) is 57.4. The second-order valence-corrected chi connectivity index (χ2v) is 13.2. The van der Waals surface area contributed by atoms with Crippen molar-refractivity contribution in [2.75, 3.05) is 32.5 Å². The van der Waals surface area contributed by atoms with Crippen LogP contribution in [0, 0.1) is 46.7 Å². The van der Waals surface area contributed by atoms with E-state index >= 15 is 4.39 Å². The fourth-order valence-electron chi connectivity index (χ4n) is 8.18. The Morgan fingerprint density at radius 1 is 1.19 bits per heavy atom. The number of likely N-dealkylation sites (N-methyl/N-ethyl adjacent to an activating group) is 1. The molecule has 7 unspecified atom stereocenters. The number of nitrogens with zero attached hydrogens (tertiary/aromatic N) is 2. The van der Waals surface area contributed by atoms with E-state index in [1.54, 1.807) is 19.0 Å². The number of aromatic hydroxyl groups is 1. The van der Waals surface area contributed by atoms with Crippen LogP contribution in [0.4, 0.5) is 10.1 Å². The van der Waals surface area contributed by atoms with Crippen LogP contribution in [-0.4, -0.2) is 83.1 Å². The molecule has 5 rings (SSSR count). The van der Waals surface area contributed by atoms with Gasteiger partial charge in [0.25, 0.3) is 0 Å². The number of primary amides is 1. The number of anilines is 1. The third-order valence-electron chi connectivity index (χ3n) is 9.80. The fourth-order valence-corrected chi connectivity index (χ4v) is 8.18. The lowest BCUT2D eigenvalue weighted by Gasteiger charge is -2.49. The van der Waals surface area contributed by atoms with Crippen molar-refractivity contribution in [2.45, 2.75) is 65.1 Å². The first-order valence-electron chi connectivity index (χ1n) is 15.0. The summed E-state index contributed by atoms with van der Waals surface area (Å²) in [6.45, 7) is 7.86. The van der Waals surface area contributed by atoms with Gasteiger partial charge >= 0.3 is 0 Å². The molecule has 10 nitrogen and oxygen atoms in total. The Morgan fingerprint density at radius 3 is 2.48 bits per heavy atom. The molecule has 0 aromatic heterocycles. The van der Waals surface area contributed by atoms with Crippen LogP contribution in [0.15, 0.2) is 0 Å². The number of hydrogen-bond acceptors (Lipinski definition) is 9. The topological polar surface area (TPSA) is 157 Å². The maximum Gasteiger partial charge on any atom is 0.233 e. The van der Waals surface area contributed by atoms with Gasteiger partial charge in [-0.2, -0.15) is 0 Å². The van der Waals surface area contributed by atoms with Crippen LogP contribution in [0.25, 0.3) is 0 Å². The summed E-state index contributed by atoms with van der Waals surface area (Å²) >= 11 is 0. The van der Waals surface area contributed by atoms with Crippen molar-refractivity contribution in [1.82, 2.24) is 9.80 Å². The normalized spacial score (nSPS) is 31.3. The van der Waals surface area contributed by atoms with E-state index in [4.69, 9.17) is 11.1 Å². The average Bonchev–Trinajstić information content (AvgIpc) is 3.06. The summed E-state index contributed by atoms with van der Waals surface area (Å²) < 4.78 is 16.5. The van der Waals surface area contributed by atoms with E-state index in [0.717, 1.165) is 19.4 Å². The number of amides is 1. The predicted octanol–water partition coefficient (Wildman–Crippen LogP) is 2.39. The van der Waals surface area contributed by atoms with Crippen LogP contribution < -0.4 is 11.1 Å². The van der Waals surface area contributed by atoms with Gasteiger partial charge in [0.1, 0.15) is 17.5 Å². The van der Waals surface area contributed by atoms with Crippen molar-refractivity contribution in [3.05, 3.63) is 22.5 Å². The van der Waals surface area contributed by atoms with Gasteiger partial charge in [0.15, 0.2) is 17.3 Å². The molecule has 5 N–H and O–H groups in total. The molecule has 1 heterocycles. The van der Waals surface area contributed by atoms with E-state index in [0.29, 0.717) is 18.0 Å². The third-order valence-corrected chi connectivity index (χ3v) is 9.80. The lowest BCUT2D eigenvalue weighted by atomic mass is 9.54. The second kappa shape index (κ2) is 11.1. The Kier molecular flexibility index (Phi) is 8.04. The standard InChI is InChI=1S/C31H42FN5O5/c1-6-7-37-12-18-23(32)16-9-14-10-17-20(24(33)22(31(34)42)30(41)26(17)36(4)5)27(38)19(14)28(39)21(16)29(40)25(18)35-11-15(37)8-13(2)3/h13-15,17,19-20,22,26,33,35,40H,6-12H2,1-5H3,(H2,34,42). The molecule has 1 aromatic carbocycles. The highest BCUT2D eigenvalue weighted by Crippen LogP contribution is 2.51. The molecule has 1 aliphatic heterocycles. The van der Waals surface area contributed by atoms with Crippen LogP contribution in [0.5, 0.6) is 5.75 Å². The second-order valence-electron chi connectivity index (χ2n) is 13.2. The van der Waals surface area contributed by atoms with Crippen molar-refractivity contribution < 1.29 is 28.7 Å². The maximum absolute atomic E-state index is 16.5. The third kappa shape index (κ3) is 4.65. The average molecular weight is 584 g/mol. The molecule has 42 heavy (non-hydrogen) atoms. The minimum atomic E-state index is -1.54. The van der Waals surface area contributed by atoms with E-state index in [9.17, 15) is 24.3 Å². The van der Waals surface area contributed by atoms with Crippen LogP contribution in [-0.2, 0) is 27.3 Å². The molecule has 4 aliphatic rings. The summed E-state index contributed by atoms with van der Waals surface area (Å²) in [6.07, 6.45) is 2.04. The summed E-state index contributed by atoms with van der Waals surface area (Å²) in [5.74, 6) is -8.33. The Balaban J connectivity index is 1.58. The van der Waals surface area contributed by atoms with Crippen molar-refractivity contribution in [2.24, 2.45) is 41.2 Å². The first kappa shape index (κ1) is 30.3. The first-order valence-corrected chi connectivity index (χ1v) is 15.0. The molecule has 0 saturated heterocycles. The minimum absolute atomic E-state index is 0.0531.